The second-order valence-corrected chi connectivity index (χ2v) is 7.30. The fourth-order valence-corrected chi connectivity index (χ4v) is 2.73. The van der Waals surface area contributed by atoms with Gasteiger partial charge in [-0.15, -0.1) is 0 Å². The van der Waals surface area contributed by atoms with Crippen LogP contribution < -0.4 is 10.6 Å². The molecule has 1 heterocycles. The van der Waals surface area contributed by atoms with E-state index < -0.39 is 0 Å². The number of carbonyl (C=O) groups is 2. The van der Waals surface area contributed by atoms with E-state index in [-0.39, 0.29) is 11.8 Å². The van der Waals surface area contributed by atoms with Gasteiger partial charge in [0.1, 0.15) is 12.0 Å². The van der Waals surface area contributed by atoms with Crippen molar-refractivity contribution in [2.75, 3.05) is 13.1 Å². The van der Waals surface area contributed by atoms with Gasteiger partial charge in [-0.2, -0.15) is 0 Å². The minimum absolute atomic E-state index is 0.00126. The normalized spacial score (nSPS) is 12.0. The standard InChI is InChI=1S/C27H38N4O2/c1-2-3-4-5-6-7-8-9-10-11-12-13-14-15-16-17-18-19-26(32)29-22-23-30-27(33)25-20-21-28-24-31-25/h3-4,6-7,9-10,12-13,15-16,20-21,24H,2,5,8,11,14,17-19,22-23H2,1H3,(H,29,32)(H,30,33)/b4-3-,7-6-,10-9-,13-12-,16-15-. The minimum Gasteiger partial charge on any atom is -0.354 e. The van der Waals surface area contributed by atoms with Gasteiger partial charge in [0.25, 0.3) is 5.91 Å². The van der Waals surface area contributed by atoms with E-state index in [4.69, 9.17) is 0 Å². The highest BCUT2D eigenvalue weighted by Gasteiger charge is 2.05. The molecule has 0 unspecified atom stereocenters. The molecule has 1 aromatic heterocycles. The van der Waals surface area contributed by atoms with Crippen molar-refractivity contribution in [2.24, 2.45) is 0 Å². The Morgan fingerprint density at radius 2 is 1.39 bits per heavy atom. The summed E-state index contributed by atoms with van der Waals surface area (Å²) in [5, 5.41) is 5.52. The predicted molar refractivity (Wildman–Crippen MR) is 136 cm³/mol. The van der Waals surface area contributed by atoms with Gasteiger partial charge >= 0.3 is 0 Å². The molecule has 0 aromatic carbocycles. The Labute approximate surface area is 198 Å². The molecule has 0 aliphatic rings. The number of rotatable bonds is 17. The molecule has 0 radical (unpaired) electrons. The van der Waals surface area contributed by atoms with Gasteiger partial charge in [-0.25, -0.2) is 9.97 Å². The Morgan fingerprint density at radius 1 is 0.818 bits per heavy atom. The first-order valence-electron chi connectivity index (χ1n) is 11.8. The molecule has 0 bridgehead atoms. The number of aromatic nitrogens is 2. The molecule has 0 saturated heterocycles. The molecule has 0 spiro atoms. The largest absolute Gasteiger partial charge is 0.354 e. The number of carbonyl (C=O) groups excluding carboxylic acids is 2. The number of allylic oxidation sites excluding steroid dienone is 10. The van der Waals surface area contributed by atoms with Gasteiger partial charge in [0.15, 0.2) is 0 Å². The van der Waals surface area contributed by atoms with E-state index in [0.29, 0.717) is 25.2 Å². The van der Waals surface area contributed by atoms with Crippen LogP contribution in [0.25, 0.3) is 0 Å². The molecule has 0 aliphatic heterocycles. The van der Waals surface area contributed by atoms with Gasteiger partial charge in [-0.3, -0.25) is 9.59 Å². The van der Waals surface area contributed by atoms with Crippen LogP contribution in [-0.4, -0.2) is 34.9 Å². The van der Waals surface area contributed by atoms with E-state index in [9.17, 15) is 9.59 Å². The summed E-state index contributed by atoms with van der Waals surface area (Å²) in [5.74, 6) is -0.274. The lowest BCUT2D eigenvalue weighted by atomic mass is 10.2. The van der Waals surface area contributed by atoms with Crippen LogP contribution in [0.4, 0.5) is 0 Å². The lowest BCUT2D eigenvalue weighted by molar-refractivity contribution is -0.121. The Hall–Kier alpha value is -3.28. The van der Waals surface area contributed by atoms with Gasteiger partial charge in [0.2, 0.25) is 5.91 Å². The van der Waals surface area contributed by atoms with Crippen molar-refractivity contribution in [1.82, 2.24) is 20.6 Å². The number of unbranched alkanes of at least 4 members (excludes halogenated alkanes) is 1. The number of hydrogen-bond donors (Lipinski definition) is 2. The summed E-state index contributed by atoms with van der Waals surface area (Å²) in [7, 11) is 0. The summed E-state index contributed by atoms with van der Waals surface area (Å²) in [4.78, 5) is 31.3. The highest BCUT2D eigenvalue weighted by Crippen LogP contribution is 1.99. The Balaban J connectivity index is 1.95. The van der Waals surface area contributed by atoms with E-state index in [1.165, 1.54) is 12.5 Å². The lowest BCUT2D eigenvalue weighted by Crippen LogP contribution is -2.34. The number of nitrogens with zero attached hydrogens (tertiary/aromatic N) is 2. The Kier molecular flexibility index (Phi) is 17.3. The minimum atomic E-state index is -0.273. The molecule has 0 atom stereocenters. The Morgan fingerprint density at radius 3 is 1.97 bits per heavy atom. The van der Waals surface area contributed by atoms with Gasteiger partial charge in [0, 0.05) is 25.7 Å². The third-order valence-electron chi connectivity index (χ3n) is 4.48. The van der Waals surface area contributed by atoms with Crippen LogP contribution in [0.3, 0.4) is 0 Å². The molecule has 2 N–H and O–H groups in total. The molecule has 6 heteroatoms. The SMILES string of the molecule is CC/C=C\C/C=C\C/C=C\C/C=C\C/C=C\CCCC(=O)NCCNC(=O)c1ccncn1. The summed E-state index contributed by atoms with van der Waals surface area (Å²) < 4.78 is 0. The summed E-state index contributed by atoms with van der Waals surface area (Å²) in [5.41, 5.74) is 0.313. The molecule has 0 saturated carbocycles. The molecule has 0 fully saturated rings. The van der Waals surface area contributed by atoms with Crippen LogP contribution in [0.5, 0.6) is 0 Å². The summed E-state index contributed by atoms with van der Waals surface area (Å²) in [6.45, 7) is 2.91. The highest BCUT2D eigenvalue weighted by atomic mass is 16.2. The molecule has 0 aliphatic carbocycles. The number of nitrogens with one attached hydrogen (secondary N) is 2. The molecule has 1 rings (SSSR count). The third-order valence-corrected chi connectivity index (χ3v) is 4.48. The maximum atomic E-state index is 11.8. The fraction of sp³-hybridized carbons (Fsp3) is 0.407. The quantitative estimate of drug-likeness (QED) is 0.251. The average molecular weight is 451 g/mol. The van der Waals surface area contributed by atoms with Gasteiger partial charge < -0.3 is 10.6 Å². The van der Waals surface area contributed by atoms with Crippen LogP contribution >= 0.6 is 0 Å². The number of hydrogen-bond acceptors (Lipinski definition) is 4. The van der Waals surface area contributed by atoms with Crippen LogP contribution in [0.1, 0.15) is 68.8 Å². The molecule has 33 heavy (non-hydrogen) atoms. The van der Waals surface area contributed by atoms with E-state index >= 15 is 0 Å². The Bertz CT molecular complexity index is 796. The van der Waals surface area contributed by atoms with Crippen molar-refractivity contribution in [1.29, 1.82) is 0 Å². The van der Waals surface area contributed by atoms with Crippen molar-refractivity contribution < 1.29 is 9.59 Å². The third kappa shape index (κ3) is 17.0. The summed E-state index contributed by atoms with van der Waals surface area (Å²) in [6.07, 6.45) is 31.7. The van der Waals surface area contributed by atoms with Crippen molar-refractivity contribution in [3.63, 3.8) is 0 Å². The first-order valence-corrected chi connectivity index (χ1v) is 11.8. The number of amides is 2. The fourth-order valence-electron chi connectivity index (χ4n) is 2.73. The van der Waals surface area contributed by atoms with E-state index in [1.54, 1.807) is 6.07 Å². The van der Waals surface area contributed by atoms with Crippen LogP contribution in [0.2, 0.25) is 0 Å². The monoisotopic (exact) mass is 450 g/mol. The van der Waals surface area contributed by atoms with Crippen molar-refractivity contribution in [3.05, 3.63) is 85.0 Å². The maximum Gasteiger partial charge on any atom is 0.270 e. The second-order valence-electron chi connectivity index (χ2n) is 7.30. The van der Waals surface area contributed by atoms with Gasteiger partial charge in [-0.1, -0.05) is 67.7 Å². The maximum absolute atomic E-state index is 11.8. The lowest BCUT2D eigenvalue weighted by Gasteiger charge is -2.06. The first-order chi connectivity index (χ1) is 16.2. The van der Waals surface area contributed by atoms with Gasteiger partial charge in [0.05, 0.1) is 0 Å². The highest BCUT2D eigenvalue weighted by molar-refractivity contribution is 5.92. The first kappa shape index (κ1) is 27.8. The predicted octanol–water partition coefficient (Wildman–Crippen LogP) is 5.24. The van der Waals surface area contributed by atoms with Crippen molar-refractivity contribution >= 4 is 11.8 Å². The summed E-state index contributed by atoms with van der Waals surface area (Å²) >= 11 is 0. The topological polar surface area (TPSA) is 84.0 Å². The molecule has 1 aromatic rings. The zero-order valence-corrected chi connectivity index (χ0v) is 19.8. The average Bonchev–Trinajstić information content (AvgIpc) is 2.84. The summed E-state index contributed by atoms with van der Waals surface area (Å²) in [6, 6.07) is 1.54. The zero-order chi connectivity index (χ0) is 23.8. The molecule has 178 valence electrons. The van der Waals surface area contributed by atoms with Crippen molar-refractivity contribution in [3.8, 4) is 0 Å². The smallest absolute Gasteiger partial charge is 0.270 e. The molecular weight excluding hydrogens is 412 g/mol. The van der Waals surface area contributed by atoms with Crippen LogP contribution in [0.15, 0.2) is 79.4 Å². The second kappa shape index (κ2) is 20.6. The molecular formula is C27H38N4O2. The zero-order valence-electron chi connectivity index (χ0n) is 19.8. The molecule has 2 amide bonds. The van der Waals surface area contributed by atoms with Gasteiger partial charge in [-0.05, 0) is 51.0 Å². The van der Waals surface area contributed by atoms with Crippen molar-refractivity contribution in [2.45, 2.75) is 58.3 Å². The van der Waals surface area contributed by atoms with E-state index in [2.05, 4.69) is 88.3 Å². The van der Waals surface area contributed by atoms with Crippen LogP contribution in [0, 0.1) is 0 Å². The van der Waals surface area contributed by atoms with E-state index in [0.717, 1.165) is 44.9 Å². The van der Waals surface area contributed by atoms with Crippen LogP contribution in [-0.2, 0) is 4.79 Å². The van der Waals surface area contributed by atoms with E-state index in [1.807, 2.05) is 0 Å². The molecule has 6 nitrogen and oxygen atoms in total.